The zero-order chi connectivity index (χ0) is 13.5. The van der Waals surface area contributed by atoms with E-state index in [1.165, 1.54) is 0 Å². The first-order valence-corrected chi connectivity index (χ1v) is 6.98. The number of carbonyl (C=O) groups is 1. The van der Waals surface area contributed by atoms with Gasteiger partial charge < -0.3 is 10.2 Å². The van der Waals surface area contributed by atoms with E-state index in [-0.39, 0.29) is 12.5 Å². The molecule has 0 aliphatic carbocycles. The molecule has 0 saturated carbocycles. The molecule has 0 fully saturated rings. The van der Waals surface area contributed by atoms with Crippen LogP contribution in [0.4, 0.5) is 5.95 Å². The quantitative estimate of drug-likeness (QED) is 0.872. The minimum absolute atomic E-state index is 0.0253. The van der Waals surface area contributed by atoms with Crippen LogP contribution in [0.15, 0.2) is 36.0 Å². The van der Waals surface area contributed by atoms with Gasteiger partial charge in [0, 0.05) is 23.8 Å². The minimum atomic E-state index is -0.0253. The normalized spacial score (nSPS) is 10.2. The lowest BCUT2D eigenvalue weighted by Crippen LogP contribution is -2.37. The molecule has 2 heterocycles. The number of rotatable bonds is 6. The molecule has 0 bridgehead atoms. The number of carbonyl (C=O) groups excluding carboxylic acids is 1. The van der Waals surface area contributed by atoms with Crippen molar-refractivity contribution in [2.75, 3.05) is 18.0 Å². The Bertz CT molecular complexity index is 501. The van der Waals surface area contributed by atoms with Gasteiger partial charge in [0.15, 0.2) is 0 Å². The first kappa shape index (κ1) is 13.5. The summed E-state index contributed by atoms with van der Waals surface area (Å²) in [5.74, 6) is 0.555. The molecule has 0 aliphatic heterocycles. The monoisotopic (exact) mass is 276 g/mol. The summed E-state index contributed by atoms with van der Waals surface area (Å²) in [5, 5.41) is 4.89. The van der Waals surface area contributed by atoms with E-state index in [4.69, 9.17) is 0 Å². The minimum Gasteiger partial charge on any atom is -0.350 e. The molecule has 2 aromatic heterocycles. The summed E-state index contributed by atoms with van der Waals surface area (Å²) in [6.45, 7) is 3.51. The van der Waals surface area contributed by atoms with E-state index in [9.17, 15) is 4.79 Å². The molecule has 0 aromatic carbocycles. The maximum atomic E-state index is 11.9. The maximum absolute atomic E-state index is 11.9. The maximum Gasteiger partial charge on any atom is 0.239 e. The molecular formula is C13H16N4OS. The van der Waals surface area contributed by atoms with Crippen LogP contribution < -0.4 is 10.2 Å². The lowest BCUT2D eigenvalue weighted by molar-refractivity contribution is -0.119. The fraction of sp³-hybridized carbons (Fsp3) is 0.308. The Kier molecular flexibility index (Phi) is 4.85. The van der Waals surface area contributed by atoms with E-state index in [1.54, 1.807) is 29.8 Å². The van der Waals surface area contributed by atoms with Gasteiger partial charge in [0.05, 0.1) is 13.1 Å². The topological polar surface area (TPSA) is 58.1 Å². The van der Waals surface area contributed by atoms with Gasteiger partial charge in [-0.2, -0.15) is 0 Å². The third-order valence-corrected chi connectivity index (χ3v) is 3.47. The number of nitrogens with one attached hydrogen (secondary N) is 1. The van der Waals surface area contributed by atoms with E-state index in [0.717, 1.165) is 4.88 Å². The largest absolute Gasteiger partial charge is 0.350 e. The number of likely N-dealkylation sites (N-methyl/N-ethyl adjacent to an activating group) is 1. The van der Waals surface area contributed by atoms with E-state index in [2.05, 4.69) is 15.3 Å². The van der Waals surface area contributed by atoms with Gasteiger partial charge in [0.2, 0.25) is 11.9 Å². The third kappa shape index (κ3) is 4.03. The van der Waals surface area contributed by atoms with E-state index >= 15 is 0 Å². The van der Waals surface area contributed by atoms with E-state index in [0.29, 0.717) is 19.0 Å². The molecule has 0 unspecified atom stereocenters. The SMILES string of the molecule is CCN(CC(=O)NCc1cccs1)c1ncccn1. The van der Waals surface area contributed by atoms with Crippen LogP contribution >= 0.6 is 11.3 Å². The first-order chi connectivity index (χ1) is 9.29. The van der Waals surface area contributed by atoms with Crippen LogP contribution in [0.1, 0.15) is 11.8 Å². The third-order valence-electron chi connectivity index (χ3n) is 2.59. The van der Waals surface area contributed by atoms with Gasteiger partial charge in [-0.15, -0.1) is 11.3 Å². The average Bonchev–Trinajstić information content (AvgIpc) is 2.97. The lowest BCUT2D eigenvalue weighted by Gasteiger charge is -2.19. The fourth-order valence-electron chi connectivity index (χ4n) is 1.61. The first-order valence-electron chi connectivity index (χ1n) is 6.10. The summed E-state index contributed by atoms with van der Waals surface area (Å²) in [5.41, 5.74) is 0. The van der Waals surface area contributed by atoms with E-state index < -0.39 is 0 Å². The number of nitrogens with zero attached hydrogens (tertiary/aromatic N) is 3. The number of anilines is 1. The highest BCUT2D eigenvalue weighted by Gasteiger charge is 2.11. The van der Waals surface area contributed by atoms with Crippen molar-refractivity contribution in [3.8, 4) is 0 Å². The van der Waals surface area contributed by atoms with Gasteiger partial charge in [-0.25, -0.2) is 9.97 Å². The highest BCUT2D eigenvalue weighted by Crippen LogP contribution is 2.08. The number of amides is 1. The van der Waals surface area contributed by atoms with Crippen LogP contribution in [0.5, 0.6) is 0 Å². The zero-order valence-corrected chi connectivity index (χ0v) is 11.6. The van der Waals surface area contributed by atoms with Gasteiger partial charge in [0.1, 0.15) is 0 Å². The summed E-state index contributed by atoms with van der Waals surface area (Å²) < 4.78 is 0. The van der Waals surface area contributed by atoms with Crippen LogP contribution in [0.2, 0.25) is 0 Å². The van der Waals surface area contributed by atoms with Crippen molar-refractivity contribution in [3.63, 3.8) is 0 Å². The van der Waals surface area contributed by atoms with Gasteiger partial charge in [-0.05, 0) is 24.4 Å². The summed E-state index contributed by atoms with van der Waals surface area (Å²) >= 11 is 1.63. The average molecular weight is 276 g/mol. The molecule has 1 N–H and O–H groups in total. The predicted molar refractivity (Wildman–Crippen MR) is 76.1 cm³/mol. The second-order valence-electron chi connectivity index (χ2n) is 3.92. The van der Waals surface area contributed by atoms with Gasteiger partial charge in [-0.1, -0.05) is 6.07 Å². The van der Waals surface area contributed by atoms with Crippen LogP contribution in [0, 0.1) is 0 Å². The Morgan fingerprint density at radius 3 is 2.79 bits per heavy atom. The molecular weight excluding hydrogens is 260 g/mol. The van der Waals surface area contributed by atoms with Crippen molar-refractivity contribution in [3.05, 3.63) is 40.8 Å². The standard InChI is InChI=1S/C13H16N4OS/c1-2-17(13-14-6-4-7-15-13)10-12(18)16-9-11-5-3-8-19-11/h3-8H,2,9-10H2,1H3,(H,16,18). The number of hydrogen-bond donors (Lipinski definition) is 1. The Balaban J connectivity index is 1.86. The number of aromatic nitrogens is 2. The summed E-state index contributed by atoms with van der Waals surface area (Å²) in [7, 11) is 0. The molecule has 1 amide bonds. The highest BCUT2D eigenvalue weighted by molar-refractivity contribution is 7.09. The van der Waals surface area contributed by atoms with Crippen molar-refractivity contribution in [1.29, 1.82) is 0 Å². The fourth-order valence-corrected chi connectivity index (χ4v) is 2.25. The molecule has 5 nitrogen and oxygen atoms in total. The van der Waals surface area contributed by atoms with Crippen molar-refractivity contribution >= 4 is 23.2 Å². The van der Waals surface area contributed by atoms with Crippen molar-refractivity contribution in [2.24, 2.45) is 0 Å². The molecule has 2 aromatic rings. The number of hydrogen-bond acceptors (Lipinski definition) is 5. The molecule has 19 heavy (non-hydrogen) atoms. The van der Waals surface area contributed by atoms with Crippen LogP contribution in [0.3, 0.4) is 0 Å². The molecule has 0 saturated heterocycles. The van der Waals surface area contributed by atoms with Gasteiger partial charge in [-0.3, -0.25) is 4.79 Å². The van der Waals surface area contributed by atoms with Crippen LogP contribution in [-0.2, 0) is 11.3 Å². The van der Waals surface area contributed by atoms with Crippen molar-refractivity contribution in [2.45, 2.75) is 13.5 Å². The smallest absolute Gasteiger partial charge is 0.239 e. The molecule has 0 aliphatic rings. The molecule has 2 rings (SSSR count). The number of thiophene rings is 1. The van der Waals surface area contributed by atoms with Crippen molar-refractivity contribution in [1.82, 2.24) is 15.3 Å². The Morgan fingerprint density at radius 1 is 1.37 bits per heavy atom. The Morgan fingerprint density at radius 2 is 2.16 bits per heavy atom. The highest BCUT2D eigenvalue weighted by atomic mass is 32.1. The van der Waals surface area contributed by atoms with Crippen LogP contribution in [-0.4, -0.2) is 29.0 Å². The molecule has 0 radical (unpaired) electrons. The Labute approximate surface area is 116 Å². The Hall–Kier alpha value is -1.95. The molecule has 6 heteroatoms. The molecule has 0 spiro atoms. The summed E-state index contributed by atoms with van der Waals surface area (Å²) in [6.07, 6.45) is 3.35. The van der Waals surface area contributed by atoms with E-state index in [1.807, 2.05) is 29.3 Å². The summed E-state index contributed by atoms with van der Waals surface area (Å²) in [6, 6.07) is 5.74. The van der Waals surface area contributed by atoms with Gasteiger partial charge in [0.25, 0.3) is 0 Å². The molecule has 100 valence electrons. The summed E-state index contributed by atoms with van der Waals surface area (Å²) in [4.78, 5) is 23.2. The second kappa shape index (κ2) is 6.84. The molecule has 0 atom stereocenters. The van der Waals surface area contributed by atoms with Crippen LogP contribution in [0.25, 0.3) is 0 Å². The van der Waals surface area contributed by atoms with Crippen molar-refractivity contribution < 1.29 is 4.79 Å². The lowest BCUT2D eigenvalue weighted by atomic mass is 10.4. The second-order valence-corrected chi connectivity index (χ2v) is 4.95. The zero-order valence-electron chi connectivity index (χ0n) is 10.7. The predicted octanol–water partition coefficient (Wildman–Crippen LogP) is 1.68. The van der Waals surface area contributed by atoms with Gasteiger partial charge >= 0.3 is 0 Å².